The molecule has 2 heterocycles. The molecule has 0 radical (unpaired) electrons. The Morgan fingerprint density at radius 3 is 2.67 bits per heavy atom. The molecule has 2 N–H and O–H groups in total. The molecule has 0 saturated carbocycles. The number of anilines is 1. The van der Waals surface area contributed by atoms with Crippen molar-refractivity contribution < 1.29 is 4.79 Å². The van der Waals surface area contributed by atoms with E-state index in [1.54, 1.807) is 6.20 Å². The van der Waals surface area contributed by atoms with Crippen LogP contribution in [0.3, 0.4) is 0 Å². The number of benzene rings is 2. The lowest BCUT2D eigenvalue weighted by molar-refractivity contribution is -0.121. The van der Waals surface area contributed by atoms with Crippen LogP contribution in [0.5, 0.6) is 0 Å². The Morgan fingerprint density at radius 2 is 1.93 bits per heavy atom. The molecule has 0 bridgehead atoms. The minimum Gasteiger partial charge on any atom is -0.326 e. The van der Waals surface area contributed by atoms with Gasteiger partial charge in [-0.3, -0.25) is 14.8 Å². The average Bonchev–Trinajstić information content (AvgIpc) is 3.24. The fourth-order valence-corrected chi connectivity index (χ4v) is 3.65. The van der Waals surface area contributed by atoms with Crippen molar-refractivity contribution in [3.8, 4) is 11.3 Å². The number of aromatic nitrogens is 2. The monoisotopic (exact) mass is 360 g/mol. The minimum absolute atomic E-state index is 0.0368. The van der Waals surface area contributed by atoms with Crippen LogP contribution >= 0.6 is 0 Å². The van der Waals surface area contributed by atoms with Gasteiger partial charge in [0.15, 0.2) is 0 Å². The van der Waals surface area contributed by atoms with E-state index in [1.807, 2.05) is 36.4 Å². The fourth-order valence-electron chi connectivity index (χ4n) is 3.65. The molecule has 1 saturated heterocycles. The van der Waals surface area contributed by atoms with Gasteiger partial charge in [-0.25, -0.2) is 0 Å². The van der Waals surface area contributed by atoms with E-state index in [0.717, 1.165) is 49.4 Å². The summed E-state index contributed by atoms with van der Waals surface area (Å²) in [5, 5.41) is 9.99. The normalized spacial score (nSPS) is 17.6. The molecule has 0 unspecified atom stereocenters. The maximum atomic E-state index is 12.7. The number of nitrogens with one attached hydrogen (secondary N) is 2. The Bertz CT molecular complexity index is 859. The molecule has 138 valence electrons. The Hall–Kier alpha value is -2.92. The third-order valence-corrected chi connectivity index (χ3v) is 5.09. The molecule has 1 atom stereocenters. The van der Waals surface area contributed by atoms with Gasteiger partial charge in [0.2, 0.25) is 5.91 Å². The maximum absolute atomic E-state index is 12.7. The van der Waals surface area contributed by atoms with E-state index in [0.29, 0.717) is 0 Å². The zero-order valence-electron chi connectivity index (χ0n) is 15.3. The van der Waals surface area contributed by atoms with Gasteiger partial charge in [0.05, 0.1) is 11.6 Å². The molecule has 5 heteroatoms. The smallest absolute Gasteiger partial charge is 0.228 e. The van der Waals surface area contributed by atoms with E-state index in [9.17, 15) is 4.79 Å². The quantitative estimate of drug-likeness (QED) is 0.725. The number of nitrogens with zero attached hydrogens (tertiary/aromatic N) is 2. The summed E-state index contributed by atoms with van der Waals surface area (Å²) in [6.45, 7) is 2.77. The number of rotatable bonds is 5. The molecule has 27 heavy (non-hydrogen) atoms. The fraction of sp³-hybridized carbons (Fsp3) is 0.273. The van der Waals surface area contributed by atoms with Crippen molar-refractivity contribution in [3.05, 3.63) is 72.4 Å². The van der Waals surface area contributed by atoms with Crippen molar-refractivity contribution >= 4 is 11.6 Å². The highest BCUT2D eigenvalue weighted by atomic mass is 16.1. The second kappa shape index (κ2) is 8.18. The number of hydrogen-bond donors (Lipinski definition) is 2. The first-order valence-corrected chi connectivity index (χ1v) is 9.45. The highest BCUT2D eigenvalue weighted by Gasteiger charge is 2.25. The van der Waals surface area contributed by atoms with Gasteiger partial charge in [-0.2, -0.15) is 5.10 Å². The number of hydrogen-bond acceptors (Lipinski definition) is 3. The number of H-pyrrole nitrogens is 1. The summed E-state index contributed by atoms with van der Waals surface area (Å²) in [5.41, 5.74) is 4.16. The van der Waals surface area contributed by atoms with E-state index in [-0.39, 0.29) is 11.8 Å². The van der Waals surface area contributed by atoms with E-state index < -0.39 is 0 Å². The van der Waals surface area contributed by atoms with E-state index in [1.165, 1.54) is 5.56 Å². The van der Waals surface area contributed by atoms with Crippen LogP contribution in [0, 0.1) is 5.92 Å². The van der Waals surface area contributed by atoms with Gasteiger partial charge in [0, 0.05) is 25.0 Å². The molecule has 1 amide bonds. The maximum Gasteiger partial charge on any atom is 0.228 e. The van der Waals surface area contributed by atoms with Crippen LogP contribution in [-0.2, 0) is 11.3 Å². The lowest BCUT2D eigenvalue weighted by Gasteiger charge is -2.32. The Balaban J connectivity index is 1.35. The van der Waals surface area contributed by atoms with Gasteiger partial charge in [-0.05, 0) is 48.7 Å². The first-order chi connectivity index (χ1) is 13.3. The predicted molar refractivity (Wildman–Crippen MR) is 107 cm³/mol. The first-order valence-electron chi connectivity index (χ1n) is 9.45. The Morgan fingerprint density at radius 1 is 1.11 bits per heavy atom. The second-order valence-corrected chi connectivity index (χ2v) is 7.10. The summed E-state index contributed by atoms with van der Waals surface area (Å²) in [5.74, 6) is 0.150. The SMILES string of the molecule is O=C(Nc1ccc(-c2ccn[nH]2)cc1)[C@@H]1CCCN(Cc2ccccc2)C1. The number of aromatic amines is 1. The summed E-state index contributed by atoms with van der Waals surface area (Å²) in [6.07, 6.45) is 3.74. The second-order valence-electron chi connectivity index (χ2n) is 7.10. The van der Waals surface area contributed by atoms with Crippen LogP contribution in [0.4, 0.5) is 5.69 Å². The topological polar surface area (TPSA) is 61.0 Å². The summed E-state index contributed by atoms with van der Waals surface area (Å²) in [7, 11) is 0. The van der Waals surface area contributed by atoms with Crippen LogP contribution in [0.15, 0.2) is 66.9 Å². The third kappa shape index (κ3) is 4.44. The third-order valence-electron chi connectivity index (χ3n) is 5.09. The van der Waals surface area contributed by atoms with Crippen molar-refractivity contribution in [1.82, 2.24) is 15.1 Å². The molecule has 2 aromatic carbocycles. The summed E-state index contributed by atoms with van der Waals surface area (Å²) >= 11 is 0. The summed E-state index contributed by atoms with van der Waals surface area (Å²) < 4.78 is 0. The van der Waals surface area contributed by atoms with Gasteiger partial charge < -0.3 is 5.32 Å². The molecule has 1 aliphatic heterocycles. The molecule has 1 aliphatic rings. The molecule has 0 aliphatic carbocycles. The number of likely N-dealkylation sites (tertiary alicyclic amines) is 1. The van der Waals surface area contributed by atoms with Gasteiger partial charge >= 0.3 is 0 Å². The van der Waals surface area contributed by atoms with E-state index >= 15 is 0 Å². The molecule has 1 aromatic heterocycles. The van der Waals surface area contributed by atoms with Crippen LogP contribution < -0.4 is 5.32 Å². The van der Waals surface area contributed by atoms with Crippen molar-refractivity contribution in [3.63, 3.8) is 0 Å². The highest BCUT2D eigenvalue weighted by molar-refractivity contribution is 5.93. The van der Waals surface area contributed by atoms with Crippen LogP contribution in [0.1, 0.15) is 18.4 Å². The zero-order valence-corrected chi connectivity index (χ0v) is 15.3. The van der Waals surface area contributed by atoms with Gasteiger partial charge in [0.25, 0.3) is 0 Å². The Labute approximate surface area is 159 Å². The van der Waals surface area contributed by atoms with Gasteiger partial charge in [-0.1, -0.05) is 42.5 Å². The predicted octanol–water partition coefficient (Wildman–Crippen LogP) is 3.93. The van der Waals surface area contributed by atoms with Crippen molar-refractivity contribution in [2.45, 2.75) is 19.4 Å². The van der Waals surface area contributed by atoms with Crippen molar-refractivity contribution in [2.24, 2.45) is 5.92 Å². The largest absolute Gasteiger partial charge is 0.326 e. The number of carbonyl (C=O) groups excluding carboxylic acids is 1. The van der Waals surface area contributed by atoms with Crippen molar-refractivity contribution in [1.29, 1.82) is 0 Å². The van der Waals surface area contributed by atoms with E-state index in [4.69, 9.17) is 0 Å². The molecule has 4 rings (SSSR count). The molecule has 1 fully saturated rings. The first kappa shape index (κ1) is 17.5. The number of carbonyl (C=O) groups is 1. The van der Waals surface area contributed by atoms with Crippen molar-refractivity contribution in [2.75, 3.05) is 18.4 Å². The molecule has 3 aromatic rings. The molecule has 5 nitrogen and oxygen atoms in total. The number of amides is 1. The summed E-state index contributed by atoms with van der Waals surface area (Å²) in [4.78, 5) is 15.1. The lowest BCUT2D eigenvalue weighted by Crippen LogP contribution is -2.40. The van der Waals surface area contributed by atoms with Crippen LogP contribution in [0.2, 0.25) is 0 Å². The van der Waals surface area contributed by atoms with Gasteiger partial charge in [0.1, 0.15) is 0 Å². The standard InChI is InChI=1S/C22H24N4O/c27-22(24-20-10-8-18(9-11-20)21-12-13-23-25-21)19-7-4-14-26(16-19)15-17-5-2-1-3-6-17/h1-3,5-6,8-13,19H,4,7,14-16H2,(H,23,25)(H,24,27)/t19-/m1/s1. The van der Waals surface area contributed by atoms with Gasteiger partial charge in [-0.15, -0.1) is 0 Å². The van der Waals surface area contributed by atoms with Crippen LogP contribution in [0.25, 0.3) is 11.3 Å². The average molecular weight is 360 g/mol. The molecule has 0 spiro atoms. The molecular formula is C22H24N4O. The summed E-state index contributed by atoms with van der Waals surface area (Å²) in [6, 6.07) is 20.3. The molecular weight excluding hydrogens is 336 g/mol. The van der Waals surface area contributed by atoms with Crippen LogP contribution in [-0.4, -0.2) is 34.1 Å². The number of piperidine rings is 1. The zero-order chi connectivity index (χ0) is 18.5. The highest BCUT2D eigenvalue weighted by Crippen LogP contribution is 2.22. The van der Waals surface area contributed by atoms with E-state index in [2.05, 4.69) is 44.7 Å². The minimum atomic E-state index is 0.0368. The lowest BCUT2D eigenvalue weighted by atomic mass is 9.96. The Kier molecular flexibility index (Phi) is 5.30.